The molecule has 0 fully saturated rings. The monoisotopic (exact) mass is 422 g/mol. The molecule has 0 aliphatic carbocycles. The van der Waals surface area contributed by atoms with Crippen molar-refractivity contribution >= 4 is 39.7 Å². The molecule has 2 aromatic carbocycles. The van der Waals surface area contributed by atoms with Gasteiger partial charge in [0.2, 0.25) is 5.91 Å². The van der Waals surface area contributed by atoms with Crippen LogP contribution in [0.2, 0.25) is 0 Å². The number of rotatable bonds is 9. The lowest BCUT2D eigenvalue weighted by Gasteiger charge is -2.26. The summed E-state index contributed by atoms with van der Waals surface area (Å²) in [5.74, 6) is 0.339. The van der Waals surface area contributed by atoms with Gasteiger partial charge in [0.1, 0.15) is 12.1 Å². The van der Waals surface area contributed by atoms with Crippen LogP contribution >= 0.6 is 0 Å². The molecule has 31 heavy (non-hydrogen) atoms. The molecule has 1 aromatic heterocycles. The molecule has 1 amide bonds. The van der Waals surface area contributed by atoms with E-state index >= 15 is 0 Å². The SMILES string of the molecule is CCCC(N)C(=O)N(CCC)c1cccc(Nc2ncnc3ccc([N+](=O)[O-])cc23)c1. The standard InChI is InChI=1S/C22H26N6O3/c1-3-6-19(23)22(29)27(11-4-2)16-8-5-7-15(12-16)26-21-18-13-17(28(30)31)9-10-20(18)24-14-25-21/h5,7-10,12-14,19H,3-4,6,11,23H2,1-2H3,(H,24,25,26). The van der Waals surface area contributed by atoms with Crippen LogP contribution in [-0.4, -0.2) is 33.4 Å². The lowest BCUT2D eigenvalue weighted by atomic mass is 10.1. The summed E-state index contributed by atoms with van der Waals surface area (Å²) in [5, 5.41) is 14.9. The van der Waals surface area contributed by atoms with Gasteiger partial charge in [0.05, 0.1) is 16.5 Å². The number of non-ortho nitro benzene ring substituents is 1. The molecular formula is C22H26N6O3. The van der Waals surface area contributed by atoms with Crippen LogP contribution in [0.25, 0.3) is 10.9 Å². The summed E-state index contributed by atoms with van der Waals surface area (Å²) in [6.45, 7) is 4.56. The number of hydrogen-bond donors (Lipinski definition) is 2. The highest BCUT2D eigenvalue weighted by Crippen LogP contribution is 2.28. The van der Waals surface area contributed by atoms with E-state index < -0.39 is 11.0 Å². The summed E-state index contributed by atoms with van der Waals surface area (Å²) in [7, 11) is 0. The highest BCUT2D eigenvalue weighted by Gasteiger charge is 2.21. The molecule has 0 spiro atoms. The summed E-state index contributed by atoms with van der Waals surface area (Å²) in [5.41, 5.74) is 8.06. The van der Waals surface area contributed by atoms with Gasteiger partial charge in [0.25, 0.3) is 5.69 Å². The predicted octanol–water partition coefficient (Wildman–Crippen LogP) is 4.15. The number of anilines is 3. The maximum atomic E-state index is 12.9. The minimum atomic E-state index is -0.542. The van der Waals surface area contributed by atoms with E-state index in [1.54, 1.807) is 11.0 Å². The van der Waals surface area contributed by atoms with Crippen molar-refractivity contribution in [3.05, 3.63) is 58.9 Å². The van der Waals surface area contributed by atoms with Gasteiger partial charge in [-0.1, -0.05) is 26.3 Å². The Kier molecular flexibility index (Phi) is 7.09. The zero-order chi connectivity index (χ0) is 22.4. The molecule has 0 radical (unpaired) electrons. The first-order chi connectivity index (χ1) is 14.9. The minimum Gasteiger partial charge on any atom is -0.340 e. The van der Waals surface area contributed by atoms with Crippen molar-refractivity contribution in [1.82, 2.24) is 9.97 Å². The topological polar surface area (TPSA) is 127 Å². The Labute approximate surface area is 180 Å². The fourth-order valence-corrected chi connectivity index (χ4v) is 3.37. The highest BCUT2D eigenvalue weighted by molar-refractivity contribution is 5.98. The van der Waals surface area contributed by atoms with E-state index in [-0.39, 0.29) is 11.6 Å². The molecule has 3 rings (SSSR count). The predicted molar refractivity (Wildman–Crippen MR) is 121 cm³/mol. The van der Waals surface area contributed by atoms with Gasteiger partial charge in [-0.15, -0.1) is 0 Å². The third-order valence-electron chi connectivity index (χ3n) is 4.88. The number of amides is 1. The number of nitro benzene ring substituents is 1. The molecule has 3 N–H and O–H groups in total. The fraction of sp³-hybridized carbons (Fsp3) is 0.318. The van der Waals surface area contributed by atoms with Gasteiger partial charge in [-0.05, 0) is 37.1 Å². The molecule has 1 heterocycles. The molecule has 162 valence electrons. The summed E-state index contributed by atoms with van der Waals surface area (Å²) >= 11 is 0. The third-order valence-corrected chi connectivity index (χ3v) is 4.88. The number of aromatic nitrogens is 2. The average Bonchev–Trinajstić information content (AvgIpc) is 2.77. The Bertz CT molecular complexity index is 1090. The molecule has 9 heteroatoms. The first-order valence-corrected chi connectivity index (χ1v) is 10.3. The second-order valence-electron chi connectivity index (χ2n) is 7.24. The van der Waals surface area contributed by atoms with Gasteiger partial charge >= 0.3 is 0 Å². The number of nitrogens with zero attached hydrogens (tertiary/aromatic N) is 4. The number of nitrogens with two attached hydrogens (primary N) is 1. The number of nitrogens with one attached hydrogen (secondary N) is 1. The van der Waals surface area contributed by atoms with Crippen LogP contribution in [0.15, 0.2) is 48.8 Å². The number of carbonyl (C=O) groups is 1. The van der Waals surface area contributed by atoms with Gasteiger partial charge in [0.15, 0.2) is 0 Å². The Morgan fingerprint density at radius 3 is 2.71 bits per heavy atom. The maximum Gasteiger partial charge on any atom is 0.270 e. The molecule has 0 saturated heterocycles. The Hall–Kier alpha value is -3.59. The molecule has 0 aliphatic rings. The largest absolute Gasteiger partial charge is 0.340 e. The van der Waals surface area contributed by atoms with Crippen molar-refractivity contribution in [3.63, 3.8) is 0 Å². The third kappa shape index (κ3) is 5.13. The summed E-state index contributed by atoms with van der Waals surface area (Å²) < 4.78 is 0. The normalized spacial score (nSPS) is 11.8. The summed E-state index contributed by atoms with van der Waals surface area (Å²) in [6.07, 6.45) is 3.66. The van der Waals surface area contributed by atoms with Crippen molar-refractivity contribution in [1.29, 1.82) is 0 Å². The van der Waals surface area contributed by atoms with Gasteiger partial charge in [-0.2, -0.15) is 0 Å². The Morgan fingerprint density at radius 1 is 1.19 bits per heavy atom. The van der Waals surface area contributed by atoms with E-state index in [1.807, 2.05) is 38.1 Å². The van der Waals surface area contributed by atoms with Crippen molar-refractivity contribution in [2.24, 2.45) is 5.73 Å². The minimum absolute atomic E-state index is 0.0382. The molecule has 3 aromatic rings. The number of fused-ring (bicyclic) bond motifs is 1. The fourth-order valence-electron chi connectivity index (χ4n) is 3.37. The van der Waals surface area contributed by atoms with Gasteiger partial charge in [-0.25, -0.2) is 9.97 Å². The van der Waals surface area contributed by atoms with Crippen LogP contribution in [0.4, 0.5) is 22.9 Å². The highest BCUT2D eigenvalue weighted by atomic mass is 16.6. The number of hydrogen-bond acceptors (Lipinski definition) is 7. The maximum absolute atomic E-state index is 12.9. The average molecular weight is 422 g/mol. The van der Waals surface area contributed by atoms with Crippen LogP contribution in [0.1, 0.15) is 33.1 Å². The first-order valence-electron chi connectivity index (χ1n) is 10.3. The summed E-state index contributed by atoms with van der Waals surface area (Å²) in [4.78, 5) is 33.7. The molecule has 1 unspecified atom stereocenters. The van der Waals surface area contributed by atoms with Crippen molar-refractivity contribution in [3.8, 4) is 0 Å². The first kappa shape index (κ1) is 22.1. The van der Waals surface area contributed by atoms with Crippen LogP contribution in [0.3, 0.4) is 0 Å². The van der Waals surface area contributed by atoms with E-state index in [0.717, 1.165) is 18.5 Å². The van der Waals surface area contributed by atoms with Crippen LogP contribution < -0.4 is 16.0 Å². The number of carbonyl (C=O) groups excluding carboxylic acids is 1. The van der Waals surface area contributed by atoms with E-state index in [4.69, 9.17) is 5.73 Å². The zero-order valence-corrected chi connectivity index (χ0v) is 17.6. The van der Waals surface area contributed by atoms with E-state index in [9.17, 15) is 14.9 Å². The van der Waals surface area contributed by atoms with E-state index in [2.05, 4.69) is 15.3 Å². The molecule has 0 aliphatic heterocycles. The van der Waals surface area contributed by atoms with Gasteiger partial charge < -0.3 is 16.0 Å². The molecule has 1 atom stereocenters. The second-order valence-corrected chi connectivity index (χ2v) is 7.24. The Balaban J connectivity index is 1.93. The van der Waals surface area contributed by atoms with Crippen molar-refractivity contribution < 1.29 is 9.72 Å². The van der Waals surface area contributed by atoms with E-state index in [0.29, 0.717) is 35.4 Å². The van der Waals surface area contributed by atoms with Crippen molar-refractivity contribution in [2.45, 2.75) is 39.2 Å². The van der Waals surface area contributed by atoms with E-state index in [1.165, 1.54) is 18.5 Å². The molecule has 0 saturated carbocycles. The second kappa shape index (κ2) is 9.94. The number of nitro groups is 1. The van der Waals surface area contributed by atoms with Crippen LogP contribution in [-0.2, 0) is 4.79 Å². The number of benzene rings is 2. The zero-order valence-electron chi connectivity index (χ0n) is 17.6. The van der Waals surface area contributed by atoms with Crippen LogP contribution in [0, 0.1) is 10.1 Å². The summed E-state index contributed by atoms with van der Waals surface area (Å²) in [6, 6.07) is 11.3. The van der Waals surface area contributed by atoms with Gasteiger partial charge in [-0.3, -0.25) is 14.9 Å². The molecular weight excluding hydrogens is 396 g/mol. The smallest absolute Gasteiger partial charge is 0.270 e. The molecule has 9 nitrogen and oxygen atoms in total. The van der Waals surface area contributed by atoms with Crippen molar-refractivity contribution in [2.75, 3.05) is 16.8 Å². The lowest BCUT2D eigenvalue weighted by molar-refractivity contribution is -0.384. The van der Waals surface area contributed by atoms with Crippen LogP contribution in [0.5, 0.6) is 0 Å². The quantitative estimate of drug-likeness (QED) is 0.391. The Morgan fingerprint density at radius 2 is 2.00 bits per heavy atom. The molecule has 0 bridgehead atoms. The lowest BCUT2D eigenvalue weighted by Crippen LogP contribution is -2.44. The van der Waals surface area contributed by atoms with Gasteiger partial charge in [0, 0.05) is 35.4 Å².